The van der Waals surface area contributed by atoms with Gasteiger partial charge in [-0.3, -0.25) is 9.59 Å². The number of para-hydroxylation sites is 1. The molecule has 2 amide bonds. The highest BCUT2D eigenvalue weighted by Gasteiger charge is 2.47. The number of hydrogen-bond donors (Lipinski definition) is 1. The number of aromatic nitrogens is 1. The molecule has 1 atom stereocenters. The molecule has 0 spiro atoms. The van der Waals surface area contributed by atoms with Crippen LogP contribution in [0.5, 0.6) is 0 Å². The van der Waals surface area contributed by atoms with E-state index in [-0.39, 0.29) is 11.8 Å². The molecule has 1 aromatic carbocycles. The molecule has 0 bridgehead atoms. The lowest BCUT2D eigenvalue weighted by Crippen LogP contribution is -2.64. The molecule has 0 radical (unpaired) electrons. The van der Waals surface area contributed by atoms with Crippen molar-refractivity contribution < 1.29 is 9.59 Å². The lowest BCUT2D eigenvalue weighted by Gasteiger charge is -2.44. The van der Waals surface area contributed by atoms with Gasteiger partial charge in [0.25, 0.3) is 5.91 Å². The third kappa shape index (κ3) is 3.60. The van der Waals surface area contributed by atoms with Gasteiger partial charge in [-0.05, 0) is 37.8 Å². The Morgan fingerprint density at radius 1 is 1.30 bits per heavy atom. The lowest BCUT2D eigenvalue weighted by atomic mass is 9.94. The van der Waals surface area contributed by atoms with Gasteiger partial charge in [0.15, 0.2) is 0 Å². The molecule has 1 N–H and O–H groups in total. The monoisotopic (exact) mass is 369 g/mol. The Kier molecular flexibility index (Phi) is 5.59. The third-order valence-electron chi connectivity index (χ3n) is 5.57. The predicted octanol–water partition coefficient (Wildman–Crippen LogP) is 3.82. The van der Waals surface area contributed by atoms with E-state index >= 15 is 0 Å². The van der Waals surface area contributed by atoms with Crippen molar-refractivity contribution in [2.75, 3.05) is 13.1 Å². The highest BCUT2D eigenvalue weighted by Crippen LogP contribution is 2.32. The highest BCUT2D eigenvalue weighted by molar-refractivity contribution is 6.03. The largest absolute Gasteiger partial charge is 0.354 e. The van der Waals surface area contributed by atoms with Gasteiger partial charge in [0, 0.05) is 24.0 Å². The number of unbranched alkanes of at least 4 members (excludes halogenated alkanes) is 1. The van der Waals surface area contributed by atoms with E-state index in [0.717, 1.165) is 30.2 Å². The van der Waals surface area contributed by atoms with Crippen LogP contribution in [0.3, 0.4) is 0 Å². The fourth-order valence-electron chi connectivity index (χ4n) is 3.84. The molecule has 0 unspecified atom stereocenters. The van der Waals surface area contributed by atoms with Crippen molar-refractivity contribution in [3.63, 3.8) is 0 Å². The van der Waals surface area contributed by atoms with Crippen molar-refractivity contribution in [3.8, 4) is 0 Å². The maximum absolute atomic E-state index is 13.3. The normalized spacial score (nSPS) is 19.6. The average Bonchev–Trinajstić information content (AvgIpc) is 3.00. The van der Waals surface area contributed by atoms with Crippen LogP contribution in [0.25, 0.3) is 10.9 Å². The molecule has 1 aliphatic rings. The molecule has 2 heterocycles. The first-order valence-corrected chi connectivity index (χ1v) is 10.1. The topological polar surface area (TPSA) is 54.3 Å². The van der Waals surface area contributed by atoms with Crippen LogP contribution in [0, 0.1) is 5.92 Å². The average molecular weight is 370 g/mol. The first kappa shape index (κ1) is 19.5. The molecular weight excluding hydrogens is 338 g/mol. The number of fused-ring (bicyclic) bond motifs is 3. The van der Waals surface area contributed by atoms with E-state index in [9.17, 15) is 9.59 Å². The summed E-state index contributed by atoms with van der Waals surface area (Å²) in [5, 5.41) is 4.12. The van der Waals surface area contributed by atoms with Crippen LogP contribution in [0.1, 0.15) is 57.4 Å². The van der Waals surface area contributed by atoms with Gasteiger partial charge in [-0.25, -0.2) is 0 Å². The van der Waals surface area contributed by atoms with Crippen LogP contribution < -0.4 is 5.32 Å². The van der Waals surface area contributed by atoms with E-state index in [1.807, 2.05) is 41.8 Å². The molecule has 0 aliphatic carbocycles. The van der Waals surface area contributed by atoms with Crippen molar-refractivity contribution in [2.24, 2.45) is 5.92 Å². The van der Waals surface area contributed by atoms with Gasteiger partial charge in [0.2, 0.25) is 5.91 Å². The van der Waals surface area contributed by atoms with Gasteiger partial charge in [0.1, 0.15) is 11.2 Å². The third-order valence-corrected chi connectivity index (χ3v) is 5.57. The van der Waals surface area contributed by atoms with Crippen molar-refractivity contribution in [1.29, 1.82) is 0 Å². The molecular formula is C22H31N3O2. The minimum absolute atomic E-state index is 0.0487. The van der Waals surface area contributed by atoms with Gasteiger partial charge in [0.05, 0.1) is 6.54 Å². The fourth-order valence-corrected chi connectivity index (χ4v) is 3.84. The van der Waals surface area contributed by atoms with E-state index in [4.69, 9.17) is 0 Å². The molecule has 5 nitrogen and oxygen atoms in total. The number of carbonyl (C=O) groups is 2. The van der Waals surface area contributed by atoms with Gasteiger partial charge in [-0.2, -0.15) is 0 Å². The Labute approximate surface area is 161 Å². The Morgan fingerprint density at radius 2 is 2.04 bits per heavy atom. The summed E-state index contributed by atoms with van der Waals surface area (Å²) in [5.41, 5.74) is 0.815. The molecule has 5 heteroatoms. The zero-order chi connectivity index (χ0) is 19.6. The highest BCUT2D eigenvalue weighted by atomic mass is 16.2. The predicted molar refractivity (Wildman–Crippen MR) is 109 cm³/mol. The molecule has 1 aromatic heterocycles. The van der Waals surface area contributed by atoms with Gasteiger partial charge in [-0.15, -0.1) is 0 Å². The minimum atomic E-state index is -0.877. The zero-order valence-electron chi connectivity index (χ0n) is 16.9. The van der Waals surface area contributed by atoms with Crippen LogP contribution in [-0.4, -0.2) is 39.9 Å². The summed E-state index contributed by atoms with van der Waals surface area (Å²) in [6.45, 7) is 10.0. The van der Waals surface area contributed by atoms with Gasteiger partial charge < -0.3 is 14.8 Å². The van der Waals surface area contributed by atoms with E-state index in [2.05, 4.69) is 26.1 Å². The van der Waals surface area contributed by atoms with Crippen LogP contribution in [-0.2, 0) is 11.3 Å². The Balaban J connectivity index is 1.97. The Bertz CT molecular complexity index is 839. The summed E-state index contributed by atoms with van der Waals surface area (Å²) < 4.78 is 2.02. The second-order valence-corrected chi connectivity index (χ2v) is 8.20. The molecule has 3 rings (SSSR count). The molecule has 0 saturated carbocycles. The number of benzene rings is 1. The first-order chi connectivity index (χ1) is 12.9. The van der Waals surface area contributed by atoms with E-state index in [0.29, 0.717) is 31.2 Å². The molecule has 2 aromatic rings. The number of nitrogens with zero attached hydrogens (tertiary/aromatic N) is 2. The molecule has 27 heavy (non-hydrogen) atoms. The van der Waals surface area contributed by atoms with Crippen LogP contribution in [0.2, 0.25) is 0 Å². The second-order valence-electron chi connectivity index (χ2n) is 8.20. The summed E-state index contributed by atoms with van der Waals surface area (Å²) in [4.78, 5) is 28.3. The molecule has 0 fully saturated rings. The summed E-state index contributed by atoms with van der Waals surface area (Å²) in [6, 6.07) is 9.94. The van der Waals surface area contributed by atoms with Crippen molar-refractivity contribution in [3.05, 3.63) is 36.0 Å². The molecule has 146 valence electrons. The maximum Gasteiger partial charge on any atom is 0.271 e. The zero-order valence-corrected chi connectivity index (χ0v) is 16.9. The van der Waals surface area contributed by atoms with Crippen molar-refractivity contribution in [1.82, 2.24) is 14.8 Å². The standard InChI is InChI=1S/C22H31N3O2/c1-5-6-13-25-20(26)19-14-17-9-7-8-10-18(17)24(19)15-22(25,4)21(27)23-12-11-16(2)3/h7-10,14,16H,5-6,11-13,15H2,1-4H3,(H,23,27)/t22-/m0/s1. The lowest BCUT2D eigenvalue weighted by molar-refractivity contribution is -0.132. The minimum Gasteiger partial charge on any atom is -0.354 e. The van der Waals surface area contributed by atoms with Gasteiger partial charge in [-0.1, -0.05) is 45.4 Å². The van der Waals surface area contributed by atoms with Crippen LogP contribution in [0.15, 0.2) is 30.3 Å². The Hall–Kier alpha value is -2.30. The second kappa shape index (κ2) is 7.75. The number of carbonyl (C=O) groups excluding carboxylic acids is 2. The van der Waals surface area contributed by atoms with E-state index in [1.165, 1.54) is 0 Å². The van der Waals surface area contributed by atoms with Crippen molar-refractivity contribution in [2.45, 2.75) is 59.0 Å². The Morgan fingerprint density at radius 3 is 2.74 bits per heavy atom. The van der Waals surface area contributed by atoms with Crippen LogP contribution in [0.4, 0.5) is 0 Å². The first-order valence-electron chi connectivity index (χ1n) is 10.1. The summed E-state index contributed by atoms with van der Waals surface area (Å²) in [5.74, 6) is 0.422. The number of nitrogens with one attached hydrogen (secondary N) is 1. The number of hydrogen-bond acceptors (Lipinski definition) is 2. The van der Waals surface area contributed by atoms with Gasteiger partial charge >= 0.3 is 0 Å². The summed E-state index contributed by atoms with van der Waals surface area (Å²) in [6.07, 6.45) is 2.81. The van der Waals surface area contributed by atoms with Crippen molar-refractivity contribution >= 4 is 22.7 Å². The molecule has 0 saturated heterocycles. The summed E-state index contributed by atoms with van der Waals surface area (Å²) in [7, 11) is 0. The maximum atomic E-state index is 13.3. The smallest absolute Gasteiger partial charge is 0.271 e. The molecule has 1 aliphatic heterocycles. The number of rotatable bonds is 7. The van der Waals surface area contributed by atoms with Crippen LogP contribution >= 0.6 is 0 Å². The van der Waals surface area contributed by atoms with E-state index in [1.54, 1.807) is 4.90 Å². The quantitative estimate of drug-likeness (QED) is 0.807. The fraction of sp³-hybridized carbons (Fsp3) is 0.545. The SMILES string of the molecule is CCCCN1C(=O)c2cc3ccccc3n2C[C@@]1(C)C(=O)NCCC(C)C. The van der Waals surface area contributed by atoms with E-state index < -0.39 is 5.54 Å². The number of amides is 2. The summed E-state index contributed by atoms with van der Waals surface area (Å²) >= 11 is 0.